The van der Waals surface area contributed by atoms with E-state index in [0.717, 1.165) is 0 Å². The summed E-state index contributed by atoms with van der Waals surface area (Å²) in [7, 11) is 2.95. The molecular weight excluding hydrogens is 287 g/mol. The van der Waals surface area contributed by atoms with Gasteiger partial charge in [-0.15, -0.1) is 0 Å². The molecule has 22 heavy (non-hydrogen) atoms. The molecule has 2 aromatic heterocycles. The zero-order chi connectivity index (χ0) is 15.9. The van der Waals surface area contributed by atoms with Gasteiger partial charge in [-0.1, -0.05) is 18.2 Å². The number of nitrogens with zero attached hydrogens (tertiary/aromatic N) is 2. The first kappa shape index (κ1) is 14.1. The molecule has 112 valence electrons. The van der Waals surface area contributed by atoms with E-state index in [9.17, 15) is 14.3 Å². The van der Waals surface area contributed by atoms with Crippen molar-refractivity contribution >= 4 is 5.65 Å². The van der Waals surface area contributed by atoms with E-state index < -0.39 is 11.4 Å². The molecule has 0 spiro atoms. The molecule has 3 rings (SSSR count). The lowest BCUT2D eigenvalue weighted by Gasteiger charge is -2.09. The molecule has 1 N–H and O–H groups in total. The van der Waals surface area contributed by atoms with E-state index >= 15 is 0 Å². The van der Waals surface area contributed by atoms with Crippen molar-refractivity contribution in [2.45, 2.75) is 0 Å². The van der Waals surface area contributed by atoms with Gasteiger partial charge in [0, 0.05) is 11.6 Å². The van der Waals surface area contributed by atoms with Gasteiger partial charge in [0.1, 0.15) is 0 Å². The molecule has 0 bridgehead atoms. The van der Waals surface area contributed by atoms with E-state index in [1.54, 1.807) is 37.5 Å². The molecule has 0 saturated heterocycles. The zero-order valence-corrected chi connectivity index (χ0v) is 12.1. The topological polar surface area (TPSA) is 54.8 Å². The number of fused-ring (bicyclic) bond motifs is 1. The summed E-state index contributed by atoms with van der Waals surface area (Å²) >= 11 is 0. The minimum Gasteiger partial charge on any atom is -0.494 e. The summed E-state index contributed by atoms with van der Waals surface area (Å²) in [5, 5.41) is 10.4. The van der Waals surface area contributed by atoms with Gasteiger partial charge in [-0.05, 0) is 12.1 Å². The Morgan fingerprint density at radius 2 is 2.00 bits per heavy atom. The summed E-state index contributed by atoms with van der Waals surface area (Å²) in [6.07, 6.45) is 1.57. The van der Waals surface area contributed by atoms with Crippen LogP contribution in [-0.2, 0) is 7.05 Å². The number of hydrogen-bond donors (Lipinski definition) is 1. The van der Waals surface area contributed by atoms with Crippen molar-refractivity contribution in [3.8, 4) is 22.8 Å². The molecule has 5 nitrogen and oxygen atoms in total. The molecule has 0 aliphatic heterocycles. The van der Waals surface area contributed by atoms with Crippen LogP contribution in [0.1, 0.15) is 0 Å². The van der Waals surface area contributed by atoms with Crippen molar-refractivity contribution in [1.82, 2.24) is 4.40 Å². The number of benzene rings is 1. The largest absolute Gasteiger partial charge is 0.494 e. The molecule has 0 aliphatic carbocycles. The highest BCUT2D eigenvalue weighted by atomic mass is 19.1. The summed E-state index contributed by atoms with van der Waals surface area (Å²) in [5.74, 6) is -0.978. The van der Waals surface area contributed by atoms with Crippen LogP contribution in [0.5, 0.6) is 11.6 Å². The molecule has 6 heteroatoms. The second kappa shape index (κ2) is 5.14. The highest BCUT2D eigenvalue weighted by molar-refractivity contribution is 5.69. The first-order valence-corrected chi connectivity index (χ1v) is 6.61. The van der Waals surface area contributed by atoms with Crippen LogP contribution in [0.25, 0.3) is 16.8 Å². The fourth-order valence-corrected chi connectivity index (χ4v) is 2.47. The Labute approximate surface area is 125 Å². The van der Waals surface area contributed by atoms with Gasteiger partial charge in [-0.2, -0.15) is 8.97 Å². The third-order valence-corrected chi connectivity index (χ3v) is 3.61. The molecule has 2 heterocycles. The fraction of sp³-hybridized carbons (Fsp3) is 0.125. The van der Waals surface area contributed by atoms with E-state index in [4.69, 9.17) is 4.74 Å². The molecule has 0 amide bonds. The molecule has 0 saturated carbocycles. The fourth-order valence-electron chi connectivity index (χ4n) is 2.47. The number of rotatable bonds is 2. The van der Waals surface area contributed by atoms with E-state index in [0.29, 0.717) is 5.65 Å². The van der Waals surface area contributed by atoms with Gasteiger partial charge in [0.2, 0.25) is 0 Å². The van der Waals surface area contributed by atoms with Crippen LogP contribution in [0, 0.1) is 5.82 Å². The molecule has 0 radical (unpaired) electrons. The maximum absolute atomic E-state index is 14.5. The lowest BCUT2D eigenvalue weighted by Crippen LogP contribution is -2.37. The van der Waals surface area contributed by atoms with Gasteiger partial charge in [0.25, 0.3) is 11.5 Å². The Hall–Kier alpha value is -2.89. The van der Waals surface area contributed by atoms with Crippen molar-refractivity contribution in [3.63, 3.8) is 0 Å². The first-order chi connectivity index (χ1) is 10.6. The Morgan fingerprint density at radius 1 is 1.23 bits per heavy atom. The molecule has 0 aliphatic rings. The summed E-state index contributed by atoms with van der Waals surface area (Å²) in [6, 6.07) is 9.58. The Bertz CT molecular complexity index is 935. The second-order valence-corrected chi connectivity index (χ2v) is 4.81. The Kier molecular flexibility index (Phi) is 3.29. The normalized spacial score (nSPS) is 10.9. The minimum absolute atomic E-state index is 0.00398. The SMILES string of the molecule is COc1cccc(-c2c(O)[n+](C)c3ccccn3c2=O)c1F. The number of pyridine rings is 1. The van der Waals surface area contributed by atoms with Crippen molar-refractivity contribution in [3.05, 3.63) is 58.8 Å². The van der Waals surface area contributed by atoms with Crippen LogP contribution in [0.3, 0.4) is 0 Å². The minimum atomic E-state index is -0.687. The quantitative estimate of drug-likeness (QED) is 0.732. The highest BCUT2D eigenvalue weighted by Gasteiger charge is 2.25. The number of methoxy groups -OCH3 is 1. The van der Waals surface area contributed by atoms with Gasteiger partial charge in [-0.3, -0.25) is 0 Å². The molecular formula is C16H14FN2O3+. The van der Waals surface area contributed by atoms with E-state index in [2.05, 4.69) is 0 Å². The van der Waals surface area contributed by atoms with Crippen LogP contribution in [0.15, 0.2) is 47.4 Å². The number of hydrogen-bond acceptors (Lipinski definition) is 3. The van der Waals surface area contributed by atoms with Gasteiger partial charge in [0.05, 0.1) is 20.4 Å². The monoisotopic (exact) mass is 301 g/mol. The number of aryl methyl sites for hydroxylation is 1. The number of ether oxygens (including phenoxy) is 1. The molecule has 1 aromatic carbocycles. The standard InChI is InChI=1S/C16H13FN2O3/c1-18-12-8-3-4-9-19(12)16(21)13(15(18)20)10-6-5-7-11(22-2)14(10)17/h3-9H,1-2H3/p+1. The van der Waals surface area contributed by atoms with Crippen LogP contribution < -0.4 is 14.9 Å². The van der Waals surface area contributed by atoms with E-state index in [1.165, 1.54) is 28.2 Å². The lowest BCUT2D eigenvalue weighted by atomic mass is 10.1. The molecule has 0 atom stereocenters. The first-order valence-electron chi connectivity index (χ1n) is 6.61. The van der Waals surface area contributed by atoms with Gasteiger partial charge in [0.15, 0.2) is 17.1 Å². The molecule has 0 fully saturated rings. The van der Waals surface area contributed by atoms with E-state index in [1.807, 2.05) is 0 Å². The second-order valence-electron chi connectivity index (χ2n) is 4.81. The van der Waals surface area contributed by atoms with Crippen LogP contribution in [0.4, 0.5) is 4.39 Å². The maximum atomic E-state index is 14.5. The number of aromatic hydroxyl groups is 1. The average Bonchev–Trinajstić information content (AvgIpc) is 2.54. The zero-order valence-electron chi connectivity index (χ0n) is 12.1. The molecule has 3 aromatic rings. The summed E-state index contributed by atoms with van der Waals surface area (Å²) < 4.78 is 22.2. The third kappa shape index (κ3) is 1.92. The third-order valence-electron chi connectivity index (χ3n) is 3.61. The van der Waals surface area contributed by atoms with Crippen molar-refractivity contribution in [1.29, 1.82) is 0 Å². The molecule has 0 unspecified atom stereocenters. The van der Waals surface area contributed by atoms with Gasteiger partial charge < -0.3 is 9.84 Å². The summed E-state index contributed by atoms with van der Waals surface area (Å²) in [4.78, 5) is 12.6. The van der Waals surface area contributed by atoms with Crippen molar-refractivity contribution in [2.75, 3.05) is 7.11 Å². The highest BCUT2D eigenvalue weighted by Crippen LogP contribution is 2.30. The maximum Gasteiger partial charge on any atom is 0.354 e. The van der Waals surface area contributed by atoms with Crippen molar-refractivity contribution in [2.24, 2.45) is 7.05 Å². The summed E-state index contributed by atoms with van der Waals surface area (Å²) in [5.41, 5.74) is -0.117. The number of aromatic nitrogens is 2. The number of halogens is 1. The summed E-state index contributed by atoms with van der Waals surface area (Å²) in [6.45, 7) is 0. The Balaban J connectivity index is 2.45. The van der Waals surface area contributed by atoms with Crippen LogP contribution in [-0.4, -0.2) is 16.6 Å². The van der Waals surface area contributed by atoms with E-state index in [-0.39, 0.29) is 22.8 Å². The smallest absolute Gasteiger partial charge is 0.354 e. The van der Waals surface area contributed by atoms with Gasteiger partial charge in [-0.25, -0.2) is 9.18 Å². The van der Waals surface area contributed by atoms with Gasteiger partial charge >= 0.3 is 5.56 Å². The predicted molar refractivity (Wildman–Crippen MR) is 78.5 cm³/mol. The average molecular weight is 301 g/mol. The predicted octanol–water partition coefficient (Wildman–Crippen LogP) is 1.64. The van der Waals surface area contributed by atoms with Crippen molar-refractivity contribution < 1.29 is 18.8 Å². The lowest BCUT2D eigenvalue weighted by molar-refractivity contribution is -0.654. The van der Waals surface area contributed by atoms with Crippen LogP contribution >= 0.6 is 0 Å². The van der Waals surface area contributed by atoms with Crippen LogP contribution in [0.2, 0.25) is 0 Å². The Morgan fingerprint density at radius 3 is 2.73 bits per heavy atom.